The molecular weight excluding hydrogens is 226 g/mol. The molecule has 3 rings (SSSR count). The Morgan fingerprint density at radius 2 is 2.22 bits per heavy atom. The van der Waals surface area contributed by atoms with Gasteiger partial charge in [0.25, 0.3) is 0 Å². The second kappa shape index (κ2) is 4.80. The molecule has 4 heteroatoms. The molecule has 1 aliphatic rings. The quantitative estimate of drug-likeness (QED) is 0.832. The Morgan fingerprint density at radius 1 is 1.28 bits per heavy atom. The monoisotopic (exact) mass is 243 g/mol. The summed E-state index contributed by atoms with van der Waals surface area (Å²) in [5.41, 5.74) is 1.08. The minimum absolute atomic E-state index is 0.682. The van der Waals surface area contributed by atoms with Crippen molar-refractivity contribution in [2.24, 2.45) is 0 Å². The molecule has 94 valence electrons. The number of hydrogen-bond acceptors (Lipinski definition) is 3. The van der Waals surface area contributed by atoms with Crippen molar-refractivity contribution in [1.82, 2.24) is 14.8 Å². The summed E-state index contributed by atoms with van der Waals surface area (Å²) in [6.07, 6.45) is 3.47. The highest BCUT2D eigenvalue weighted by Gasteiger charge is 2.16. The van der Waals surface area contributed by atoms with Crippen molar-refractivity contribution in [3.63, 3.8) is 0 Å². The number of aryl methyl sites for hydroxylation is 1. The van der Waals surface area contributed by atoms with Crippen LogP contribution < -0.4 is 4.74 Å². The second-order valence-electron chi connectivity index (χ2n) is 4.51. The van der Waals surface area contributed by atoms with Gasteiger partial charge in [0.1, 0.15) is 11.6 Å². The Hall–Kier alpha value is -1.84. The van der Waals surface area contributed by atoms with Crippen molar-refractivity contribution >= 4 is 0 Å². The van der Waals surface area contributed by atoms with E-state index in [4.69, 9.17) is 4.74 Å². The lowest BCUT2D eigenvalue weighted by atomic mass is 10.1. The van der Waals surface area contributed by atoms with Gasteiger partial charge in [-0.25, -0.2) is 0 Å². The van der Waals surface area contributed by atoms with E-state index in [1.54, 1.807) is 0 Å². The lowest BCUT2D eigenvalue weighted by Gasteiger charge is -2.15. The summed E-state index contributed by atoms with van der Waals surface area (Å²) in [6.45, 7) is 3.70. The van der Waals surface area contributed by atoms with E-state index in [-0.39, 0.29) is 0 Å². The molecule has 0 N–H and O–H groups in total. The SMILES string of the molecule is CCOc1cccc(-c2nnc3n2CCCC3)c1. The average molecular weight is 243 g/mol. The van der Waals surface area contributed by atoms with E-state index in [9.17, 15) is 0 Å². The highest BCUT2D eigenvalue weighted by Crippen LogP contribution is 2.25. The van der Waals surface area contributed by atoms with Gasteiger partial charge in [-0.15, -0.1) is 10.2 Å². The molecule has 0 aliphatic carbocycles. The molecule has 1 aromatic heterocycles. The van der Waals surface area contributed by atoms with Crippen LogP contribution in [0.2, 0.25) is 0 Å². The van der Waals surface area contributed by atoms with Crippen LogP contribution in [0.4, 0.5) is 0 Å². The van der Waals surface area contributed by atoms with Gasteiger partial charge >= 0.3 is 0 Å². The number of aromatic nitrogens is 3. The van der Waals surface area contributed by atoms with Crippen molar-refractivity contribution in [1.29, 1.82) is 0 Å². The van der Waals surface area contributed by atoms with Gasteiger partial charge in [-0.2, -0.15) is 0 Å². The van der Waals surface area contributed by atoms with Crippen molar-refractivity contribution < 1.29 is 4.74 Å². The topological polar surface area (TPSA) is 39.9 Å². The molecular formula is C14H17N3O. The number of hydrogen-bond donors (Lipinski definition) is 0. The van der Waals surface area contributed by atoms with Crippen molar-refractivity contribution in [2.45, 2.75) is 32.7 Å². The number of fused-ring (bicyclic) bond motifs is 1. The molecule has 0 bridgehead atoms. The number of rotatable bonds is 3. The third-order valence-electron chi connectivity index (χ3n) is 3.26. The first-order valence-corrected chi connectivity index (χ1v) is 6.54. The van der Waals surface area contributed by atoms with Crippen molar-refractivity contribution in [3.8, 4) is 17.1 Å². The fourth-order valence-corrected chi connectivity index (χ4v) is 2.41. The van der Waals surface area contributed by atoms with Gasteiger partial charge in [0.15, 0.2) is 5.82 Å². The van der Waals surface area contributed by atoms with E-state index >= 15 is 0 Å². The van der Waals surface area contributed by atoms with E-state index in [2.05, 4.69) is 20.8 Å². The fourth-order valence-electron chi connectivity index (χ4n) is 2.41. The summed E-state index contributed by atoms with van der Waals surface area (Å²) in [7, 11) is 0. The van der Waals surface area contributed by atoms with Gasteiger partial charge in [-0.1, -0.05) is 12.1 Å². The first-order valence-electron chi connectivity index (χ1n) is 6.54. The van der Waals surface area contributed by atoms with Gasteiger partial charge < -0.3 is 9.30 Å². The van der Waals surface area contributed by atoms with Crippen LogP contribution in [0.3, 0.4) is 0 Å². The molecule has 0 atom stereocenters. The molecule has 0 radical (unpaired) electrons. The summed E-state index contributed by atoms with van der Waals surface area (Å²) in [6, 6.07) is 8.08. The summed E-state index contributed by atoms with van der Waals surface area (Å²) >= 11 is 0. The molecule has 1 aliphatic heterocycles. The summed E-state index contributed by atoms with van der Waals surface area (Å²) < 4.78 is 7.76. The molecule has 0 saturated heterocycles. The summed E-state index contributed by atoms with van der Waals surface area (Å²) in [5.74, 6) is 2.97. The highest BCUT2D eigenvalue weighted by molar-refractivity contribution is 5.58. The first-order chi connectivity index (χ1) is 8.88. The van der Waals surface area contributed by atoms with E-state index in [0.29, 0.717) is 6.61 Å². The Morgan fingerprint density at radius 3 is 3.11 bits per heavy atom. The second-order valence-corrected chi connectivity index (χ2v) is 4.51. The predicted molar refractivity (Wildman–Crippen MR) is 69.6 cm³/mol. The van der Waals surface area contributed by atoms with E-state index < -0.39 is 0 Å². The van der Waals surface area contributed by atoms with E-state index in [1.807, 2.05) is 25.1 Å². The third-order valence-corrected chi connectivity index (χ3v) is 3.26. The maximum absolute atomic E-state index is 5.53. The molecule has 0 spiro atoms. The van der Waals surface area contributed by atoms with Crippen LogP contribution in [0.25, 0.3) is 11.4 Å². The van der Waals surface area contributed by atoms with Crippen LogP contribution in [-0.4, -0.2) is 21.4 Å². The summed E-state index contributed by atoms with van der Waals surface area (Å²) in [5, 5.41) is 8.61. The van der Waals surface area contributed by atoms with Crippen LogP contribution >= 0.6 is 0 Å². The van der Waals surface area contributed by atoms with Gasteiger partial charge in [0.05, 0.1) is 6.61 Å². The van der Waals surface area contributed by atoms with Crippen LogP contribution in [0, 0.1) is 0 Å². The van der Waals surface area contributed by atoms with Gasteiger partial charge in [-0.05, 0) is 31.9 Å². The normalized spacial score (nSPS) is 14.3. The maximum atomic E-state index is 5.53. The van der Waals surface area contributed by atoms with Crippen LogP contribution in [0.5, 0.6) is 5.75 Å². The van der Waals surface area contributed by atoms with Crippen LogP contribution in [0.1, 0.15) is 25.6 Å². The Kier molecular flexibility index (Phi) is 3.00. The minimum atomic E-state index is 0.682. The smallest absolute Gasteiger partial charge is 0.164 e. The molecule has 2 aromatic rings. The molecule has 1 aromatic carbocycles. The number of benzene rings is 1. The average Bonchev–Trinajstić information content (AvgIpc) is 2.83. The standard InChI is InChI=1S/C14H17N3O/c1-2-18-12-7-5-6-11(10-12)14-16-15-13-8-3-4-9-17(13)14/h5-7,10H,2-4,8-9H2,1H3. The van der Waals surface area contributed by atoms with E-state index in [1.165, 1.54) is 12.8 Å². The molecule has 18 heavy (non-hydrogen) atoms. The predicted octanol–water partition coefficient (Wildman–Crippen LogP) is 2.68. The fraction of sp³-hybridized carbons (Fsp3) is 0.429. The Bertz CT molecular complexity index is 548. The van der Waals surface area contributed by atoms with Crippen molar-refractivity contribution in [2.75, 3.05) is 6.61 Å². The Balaban J connectivity index is 1.99. The number of ether oxygens (including phenoxy) is 1. The van der Waals surface area contributed by atoms with Crippen LogP contribution in [-0.2, 0) is 13.0 Å². The van der Waals surface area contributed by atoms with Gasteiger partial charge in [0.2, 0.25) is 0 Å². The van der Waals surface area contributed by atoms with Gasteiger partial charge in [0, 0.05) is 18.5 Å². The Labute approximate surface area is 107 Å². The number of nitrogens with zero attached hydrogens (tertiary/aromatic N) is 3. The lowest BCUT2D eigenvalue weighted by Crippen LogP contribution is -2.11. The molecule has 0 fully saturated rings. The van der Waals surface area contributed by atoms with Crippen LogP contribution in [0.15, 0.2) is 24.3 Å². The maximum Gasteiger partial charge on any atom is 0.164 e. The molecule has 0 unspecified atom stereocenters. The first kappa shape index (κ1) is 11.3. The highest BCUT2D eigenvalue weighted by atomic mass is 16.5. The molecule has 2 heterocycles. The zero-order valence-corrected chi connectivity index (χ0v) is 10.6. The summed E-state index contributed by atoms with van der Waals surface area (Å²) in [4.78, 5) is 0. The molecule has 0 amide bonds. The molecule has 0 saturated carbocycles. The largest absolute Gasteiger partial charge is 0.494 e. The minimum Gasteiger partial charge on any atom is -0.494 e. The van der Waals surface area contributed by atoms with Crippen molar-refractivity contribution in [3.05, 3.63) is 30.1 Å². The van der Waals surface area contributed by atoms with Gasteiger partial charge in [-0.3, -0.25) is 0 Å². The van der Waals surface area contributed by atoms with E-state index in [0.717, 1.165) is 35.9 Å². The zero-order valence-electron chi connectivity index (χ0n) is 10.6. The third kappa shape index (κ3) is 1.98. The lowest BCUT2D eigenvalue weighted by molar-refractivity contribution is 0.340. The zero-order chi connectivity index (χ0) is 12.4. The molecule has 4 nitrogen and oxygen atoms in total.